The topological polar surface area (TPSA) is 84.3 Å². The summed E-state index contributed by atoms with van der Waals surface area (Å²) in [7, 11) is 0. The molecule has 0 aliphatic rings. The Morgan fingerprint density at radius 2 is 1.74 bits per heavy atom. The van der Waals surface area contributed by atoms with Gasteiger partial charge in [-0.2, -0.15) is 0 Å². The Kier molecular flexibility index (Phi) is 5.30. The number of benzene rings is 2. The van der Waals surface area contributed by atoms with Crippen molar-refractivity contribution >= 4 is 23.0 Å². The van der Waals surface area contributed by atoms with E-state index in [1.807, 2.05) is 32.0 Å². The fraction of sp³-hybridized carbons (Fsp3) is 0.235. The van der Waals surface area contributed by atoms with Crippen molar-refractivity contribution in [3.8, 4) is 0 Å². The Bertz CT molecular complexity index is 709. The molecule has 0 aliphatic heterocycles. The standard InChI is InChI=1S/C17H19N3O3/c1-12-6-5-7-13(2)17(12)19-16(21)10-11-18-14-8-3-4-9-15(14)20(22)23/h3-9,18H,10-11H2,1-2H3,(H,19,21). The van der Waals surface area contributed by atoms with Crippen LogP contribution >= 0.6 is 0 Å². The fourth-order valence-corrected chi connectivity index (χ4v) is 2.31. The van der Waals surface area contributed by atoms with Crippen molar-refractivity contribution in [2.24, 2.45) is 0 Å². The van der Waals surface area contributed by atoms with Crippen LogP contribution in [0.1, 0.15) is 17.5 Å². The number of carbonyl (C=O) groups is 1. The molecule has 0 saturated carbocycles. The van der Waals surface area contributed by atoms with Crippen LogP contribution in [0, 0.1) is 24.0 Å². The minimum absolute atomic E-state index is 0.00246. The summed E-state index contributed by atoms with van der Waals surface area (Å²) in [5.74, 6) is -0.131. The molecular weight excluding hydrogens is 294 g/mol. The molecule has 0 aliphatic carbocycles. The molecule has 2 rings (SSSR count). The van der Waals surface area contributed by atoms with E-state index in [-0.39, 0.29) is 18.0 Å². The lowest BCUT2D eigenvalue weighted by atomic mass is 10.1. The predicted octanol–water partition coefficient (Wildman–Crippen LogP) is 3.65. The molecule has 0 aromatic heterocycles. The van der Waals surface area contributed by atoms with Gasteiger partial charge in [-0.05, 0) is 31.0 Å². The van der Waals surface area contributed by atoms with Gasteiger partial charge in [0.1, 0.15) is 5.69 Å². The summed E-state index contributed by atoms with van der Waals surface area (Å²) in [4.78, 5) is 22.5. The Morgan fingerprint density at radius 1 is 1.09 bits per heavy atom. The van der Waals surface area contributed by atoms with Crippen molar-refractivity contribution in [3.05, 3.63) is 63.7 Å². The third-order valence-electron chi connectivity index (χ3n) is 3.51. The Morgan fingerprint density at radius 3 is 2.39 bits per heavy atom. The highest BCUT2D eigenvalue weighted by molar-refractivity contribution is 5.92. The first kappa shape index (κ1) is 16.5. The highest BCUT2D eigenvalue weighted by atomic mass is 16.6. The minimum atomic E-state index is -0.445. The zero-order valence-corrected chi connectivity index (χ0v) is 13.1. The first-order valence-corrected chi connectivity index (χ1v) is 7.32. The monoisotopic (exact) mass is 313 g/mol. The maximum absolute atomic E-state index is 12.0. The SMILES string of the molecule is Cc1cccc(C)c1NC(=O)CCNc1ccccc1[N+](=O)[O-]. The van der Waals surface area contributed by atoms with Crippen LogP contribution in [0.2, 0.25) is 0 Å². The van der Waals surface area contributed by atoms with Gasteiger partial charge in [-0.25, -0.2) is 0 Å². The molecular formula is C17H19N3O3. The lowest BCUT2D eigenvalue weighted by Gasteiger charge is -2.12. The zero-order valence-electron chi connectivity index (χ0n) is 13.1. The zero-order chi connectivity index (χ0) is 16.8. The number of nitro groups is 1. The van der Waals surface area contributed by atoms with Crippen LogP contribution in [0.4, 0.5) is 17.1 Å². The molecule has 0 unspecified atom stereocenters. The van der Waals surface area contributed by atoms with Crippen LogP contribution in [0.25, 0.3) is 0 Å². The third-order valence-corrected chi connectivity index (χ3v) is 3.51. The molecule has 23 heavy (non-hydrogen) atoms. The summed E-state index contributed by atoms with van der Waals surface area (Å²) < 4.78 is 0. The van der Waals surface area contributed by atoms with E-state index in [9.17, 15) is 14.9 Å². The highest BCUT2D eigenvalue weighted by Gasteiger charge is 2.12. The maximum Gasteiger partial charge on any atom is 0.292 e. The predicted molar refractivity (Wildman–Crippen MR) is 90.7 cm³/mol. The summed E-state index contributed by atoms with van der Waals surface area (Å²) in [6, 6.07) is 12.2. The summed E-state index contributed by atoms with van der Waals surface area (Å²) in [6.45, 7) is 4.20. The van der Waals surface area contributed by atoms with E-state index in [2.05, 4.69) is 10.6 Å². The molecule has 2 aromatic carbocycles. The lowest BCUT2D eigenvalue weighted by Crippen LogP contribution is -2.17. The van der Waals surface area contributed by atoms with Crippen LogP contribution in [0.15, 0.2) is 42.5 Å². The number of hydrogen-bond acceptors (Lipinski definition) is 4. The number of hydrogen-bond donors (Lipinski definition) is 2. The van der Waals surface area contributed by atoms with Gasteiger partial charge in [0.25, 0.3) is 5.69 Å². The number of rotatable bonds is 6. The number of nitro benzene ring substituents is 1. The van der Waals surface area contributed by atoms with Gasteiger partial charge in [0.05, 0.1) is 4.92 Å². The van der Waals surface area contributed by atoms with Gasteiger partial charge >= 0.3 is 0 Å². The van der Waals surface area contributed by atoms with Crippen molar-refractivity contribution in [2.45, 2.75) is 20.3 Å². The van der Waals surface area contributed by atoms with E-state index in [4.69, 9.17) is 0 Å². The van der Waals surface area contributed by atoms with Crippen molar-refractivity contribution in [1.29, 1.82) is 0 Å². The van der Waals surface area contributed by atoms with E-state index < -0.39 is 4.92 Å². The van der Waals surface area contributed by atoms with Crippen LogP contribution in [-0.2, 0) is 4.79 Å². The second-order valence-electron chi connectivity index (χ2n) is 5.27. The molecule has 1 amide bonds. The average Bonchev–Trinajstić information content (AvgIpc) is 2.51. The number of carbonyl (C=O) groups excluding carboxylic acids is 1. The molecule has 0 bridgehead atoms. The Labute approximate surface area is 134 Å². The number of anilines is 2. The molecule has 2 N–H and O–H groups in total. The molecule has 0 radical (unpaired) electrons. The first-order valence-electron chi connectivity index (χ1n) is 7.32. The van der Waals surface area contributed by atoms with E-state index >= 15 is 0 Å². The van der Waals surface area contributed by atoms with Crippen LogP contribution < -0.4 is 10.6 Å². The molecule has 0 spiro atoms. The largest absolute Gasteiger partial charge is 0.379 e. The Hall–Kier alpha value is -2.89. The molecule has 6 nitrogen and oxygen atoms in total. The van der Waals surface area contributed by atoms with Gasteiger partial charge in [0.2, 0.25) is 5.91 Å². The molecule has 0 fully saturated rings. The van der Waals surface area contributed by atoms with Crippen molar-refractivity contribution < 1.29 is 9.72 Å². The second kappa shape index (κ2) is 7.40. The number of amides is 1. The molecule has 2 aromatic rings. The highest BCUT2D eigenvalue weighted by Crippen LogP contribution is 2.23. The van der Waals surface area contributed by atoms with Crippen molar-refractivity contribution in [3.63, 3.8) is 0 Å². The van der Waals surface area contributed by atoms with Gasteiger partial charge in [-0.3, -0.25) is 14.9 Å². The first-order chi connectivity index (χ1) is 11.0. The fourth-order valence-electron chi connectivity index (χ4n) is 2.31. The van der Waals surface area contributed by atoms with E-state index in [0.717, 1.165) is 16.8 Å². The normalized spacial score (nSPS) is 10.2. The average molecular weight is 313 g/mol. The maximum atomic E-state index is 12.0. The second-order valence-corrected chi connectivity index (χ2v) is 5.27. The molecule has 0 atom stereocenters. The van der Waals surface area contributed by atoms with Gasteiger partial charge in [-0.15, -0.1) is 0 Å². The van der Waals surface area contributed by atoms with E-state index in [1.54, 1.807) is 18.2 Å². The number of para-hydroxylation sites is 3. The van der Waals surface area contributed by atoms with E-state index in [1.165, 1.54) is 6.07 Å². The summed E-state index contributed by atoms with van der Waals surface area (Å²) >= 11 is 0. The van der Waals surface area contributed by atoms with Crippen LogP contribution in [0.5, 0.6) is 0 Å². The minimum Gasteiger partial charge on any atom is -0.379 e. The Balaban J connectivity index is 1.92. The molecule has 0 heterocycles. The number of nitrogens with one attached hydrogen (secondary N) is 2. The van der Waals surface area contributed by atoms with Gasteiger partial charge in [0, 0.05) is 24.7 Å². The van der Waals surface area contributed by atoms with Crippen molar-refractivity contribution in [1.82, 2.24) is 0 Å². The molecule has 0 saturated heterocycles. The summed E-state index contributed by atoms with van der Waals surface area (Å²) in [6.07, 6.45) is 0.222. The summed E-state index contributed by atoms with van der Waals surface area (Å²) in [5, 5.41) is 16.7. The van der Waals surface area contributed by atoms with Gasteiger partial charge in [0.15, 0.2) is 0 Å². The number of nitrogens with zero attached hydrogens (tertiary/aromatic N) is 1. The third kappa shape index (κ3) is 4.29. The van der Waals surface area contributed by atoms with Crippen LogP contribution in [-0.4, -0.2) is 17.4 Å². The van der Waals surface area contributed by atoms with Crippen molar-refractivity contribution in [2.75, 3.05) is 17.2 Å². The van der Waals surface area contributed by atoms with Gasteiger partial charge in [-0.1, -0.05) is 30.3 Å². The molecule has 120 valence electrons. The lowest BCUT2D eigenvalue weighted by molar-refractivity contribution is -0.384. The molecule has 6 heteroatoms. The summed E-state index contributed by atoms with van der Waals surface area (Å²) in [5.41, 5.74) is 3.25. The van der Waals surface area contributed by atoms with Crippen LogP contribution in [0.3, 0.4) is 0 Å². The quantitative estimate of drug-likeness (QED) is 0.629. The van der Waals surface area contributed by atoms with E-state index in [0.29, 0.717) is 12.2 Å². The number of aryl methyl sites for hydroxylation is 2. The van der Waals surface area contributed by atoms with Gasteiger partial charge < -0.3 is 10.6 Å². The smallest absolute Gasteiger partial charge is 0.292 e.